The molecule has 0 aliphatic rings. The molecule has 398 valence electrons. The Morgan fingerprint density at radius 3 is 1.30 bits per heavy atom. The smallest absolute Gasteiger partial charge is 0.301 e. The maximum Gasteiger partial charge on any atom is 0.301 e. The zero-order valence-electron chi connectivity index (χ0n) is 35.7. The summed E-state index contributed by atoms with van der Waals surface area (Å²) in [5, 5.41) is 39.3. The van der Waals surface area contributed by atoms with E-state index in [9.17, 15) is 90.1 Å². The molecule has 0 heterocycles. The van der Waals surface area contributed by atoms with Crippen molar-refractivity contribution in [2.24, 2.45) is 0 Å². The summed E-state index contributed by atoms with van der Waals surface area (Å²) in [5.41, 5.74) is 34.1. The number of methoxy groups -OCH3 is 1. The first-order chi connectivity index (χ1) is 32.9. The average Bonchev–Trinajstić information content (AvgIpc) is 3.22. The van der Waals surface area contributed by atoms with Gasteiger partial charge in [0.25, 0.3) is 62.0 Å². The van der Waals surface area contributed by atoms with Crippen LogP contribution in [-0.2, 0) is 60.7 Å². The second kappa shape index (κ2) is 20.7. The van der Waals surface area contributed by atoms with Gasteiger partial charge in [0.15, 0.2) is 4.90 Å². The van der Waals surface area contributed by atoms with E-state index in [4.69, 9.17) is 63.1 Å². The highest BCUT2D eigenvalue weighted by Gasteiger charge is 2.29. The third-order valence-electron chi connectivity index (χ3n) is 9.08. The first-order valence-electron chi connectivity index (χ1n) is 17.9. The molecular weight excluding hydrogens is 1110 g/mol. The number of rotatable bonds is 9. The van der Waals surface area contributed by atoms with Crippen molar-refractivity contribution < 1.29 is 103 Å². The molecule has 22 N–H and O–H groups in total. The van der Waals surface area contributed by atoms with E-state index >= 15 is 0 Å². The van der Waals surface area contributed by atoms with Crippen molar-refractivity contribution in [3.63, 3.8) is 0 Å². The van der Waals surface area contributed by atoms with Gasteiger partial charge >= 0.3 is 10.1 Å². The molecule has 6 rings (SSSR count). The number of nitrogen functional groups attached to an aromatic ring is 7. The number of phenolic OH excluding ortho intramolecular Hbond substituents is 2. The highest BCUT2D eigenvalue weighted by atomic mass is 32.2. The third-order valence-corrected chi connectivity index (χ3v) is 14.5. The molecule has 0 bridgehead atoms. The summed E-state index contributed by atoms with van der Waals surface area (Å²) in [5.74, 6) is -1.69. The number of benzene rings is 6. The van der Waals surface area contributed by atoms with Crippen molar-refractivity contribution in [2.45, 2.75) is 29.4 Å². The number of fused-ring (bicyclic) bond motifs is 2. The van der Waals surface area contributed by atoms with E-state index in [2.05, 4.69) is 0 Å². The number of nitro benzene ring substituents is 2. The summed E-state index contributed by atoms with van der Waals surface area (Å²) < 4.78 is 192. The Balaban J connectivity index is 0.000000261. The molecule has 6 aromatic carbocycles. The van der Waals surface area contributed by atoms with E-state index in [0.717, 1.165) is 36.4 Å². The molecule has 0 unspecified atom stereocenters. The molecule has 0 fully saturated rings. The van der Waals surface area contributed by atoms with E-state index in [1.165, 1.54) is 13.2 Å². The van der Waals surface area contributed by atoms with Gasteiger partial charge in [-0.2, -0.15) is 50.5 Å². The van der Waals surface area contributed by atoms with Gasteiger partial charge in [0.1, 0.15) is 41.7 Å². The Labute approximate surface area is 409 Å². The second-order valence-electron chi connectivity index (χ2n) is 13.8. The van der Waals surface area contributed by atoms with Crippen molar-refractivity contribution in [1.82, 2.24) is 0 Å². The average molecular weight is 1150 g/mol. The van der Waals surface area contributed by atoms with Crippen LogP contribution >= 0.6 is 0 Å². The fourth-order valence-corrected chi connectivity index (χ4v) is 10.0. The Morgan fingerprint density at radius 2 is 0.877 bits per heavy atom. The molecule has 0 aliphatic carbocycles. The number of ether oxygens (including phenoxy) is 1. The maximum absolute atomic E-state index is 11.4. The number of non-ortho nitro benzene ring substituents is 1. The SMILES string of the molecule is COc1cc([N+](=O)[O-])c(S(=O)(=O)O)cc1N.Nc1cc(S(=O)(=O)O)c2cc(S(=O)(=O)O)c(N)c(O)c2c1N.Nc1ccc([N+](=O)[O-])cc1S(=O)(=O)O.Nc1ccc2c(O)c(N)c(S(=O)(=O)O)cc2c1S(=O)(=O)O. The van der Waals surface area contributed by atoms with Gasteiger partial charge < -0.3 is 55.1 Å². The number of nitrogens with zero attached hydrogens (tertiary/aromatic N) is 2. The molecule has 0 atom stereocenters. The van der Waals surface area contributed by atoms with Gasteiger partial charge in [0.2, 0.25) is 0 Å². The van der Waals surface area contributed by atoms with Crippen LogP contribution < -0.4 is 44.9 Å². The number of anilines is 7. The third kappa shape index (κ3) is 13.3. The lowest BCUT2D eigenvalue weighted by atomic mass is 10.1. The minimum Gasteiger partial charge on any atom is -0.505 e. The fourth-order valence-electron chi connectivity index (χ4n) is 5.88. The molecule has 0 amide bonds. The minimum atomic E-state index is -4.87. The Hall–Kier alpha value is -7.90. The Morgan fingerprint density at radius 1 is 0.438 bits per heavy atom. The van der Waals surface area contributed by atoms with Crippen LogP contribution in [0.2, 0.25) is 0 Å². The van der Waals surface area contributed by atoms with E-state index in [-0.39, 0.29) is 45.0 Å². The van der Waals surface area contributed by atoms with Gasteiger partial charge in [-0.05, 0) is 42.5 Å². The molecule has 40 heteroatoms. The lowest BCUT2D eigenvalue weighted by Gasteiger charge is -2.14. The summed E-state index contributed by atoms with van der Waals surface area (Å²) in [6.07, 6.45) is 0. The fraction of sp³-hybridized carbons (Fsp3) is 0.0303. The van der Waals surface area contributed by atoms with Crippen molar-refractivity contribution >= 4 is 133 Å². The normalized spacial score (nSPS) is 12.0. The lowest BCUT2D eigenvalue weighted by Crippen LogP contribution is -2.08. The maximum atomic E-state index is 11.4. The first kappa shape index (κ1) is 59.4. The predicted molar refractivity (Wildman–Crippen MR) is 254 cm³/mol. The van der Waals surface area contributed by atoms with E-state index in [1.807, 2.05) is 0 Å². The van der Waals surface area contributed by atoms with Gasteiger partial charge in [-0.25, -0.2) is 0 Å². The zero-order chi connectivity index (χ0) is 56.6. The summed E-state index contributed by atoms with van der Waals surface area (Å²) in [6, 6.07) is 8.84. The van der Waals surface area contributed by atoms with Crippen molar-refractivity contribution in [2.75, 3.05) is 47.2 Å². The Bertz CT molecular complexity index is 4010. The van der Waals surface area contributed by atoms with Gasteiger partial charge in [-0.3, -0.25) is 47.5 Å². The van der Waals surface area contributed by atoms with Crippen LogP contribution in [-0.4, -0.2) is 105 Å². The Kier molecular flexibility index (Phi) is 16.8. The standard InChI is InChI=1S/C10H11N3O7S2.C10H10N2O7S2.C7H8N2O6S.C6H6N2O5S/c11-4-2-5(21(15,16)17)3-1-6(22(18,19)20)9(13)10(14)7(3)8(4)12;11-6-2-1-4-5(10(6)21(17,18)19)3-7(20(14,15)16)8(12)9(4)13;1-15-6-3-5(9(10)11)7(2-4(6)8)16(12,13)14;7-5-2-1-4(8(9)10)3-6(5)14(11,12)13/h1-2,14H,11-13H2,(H,15,16,17)(H,18,19,20);1-3,13H,11-12H2,(H,14,15,16)(H,17,18,19);2-3H,8H2,1H3,(H,12,13,14);1-3H,7H2,(H,11,12,13). The highest BCUT2D eigenvalue weighted by Crippen LogP contribution is 2.44. The van der Waals surface area contributed by atoms with Crippen molar-refractivity contribution in [3.8, 4) is 17.2 Å². The summed E-state index contributed by atoms with van der Waals surface area (Å²) in [6.45, 7) is 0. The van der Waals surface area contributed by atoms with E-state index < -0.39 is 145 Å². The van der Waals surface area contributed by atoms with Crippen LogP contribution in [0.1, 0.15) is 0 Å². The van der Waals surface area contributed by atoms with Crippen LogP contribution in [0.5, 0.6) is 17.2 Å². The molecule has 0 aromatic heterocycles. The zero-order valence-corrected chi connectivity index (χ0v) is 40.6. The number of nitro groups is 2. The second-order valence-corrected chi connectivity index (χ2v) is 22.1. The minimum absolute atomic E-state index is 0.0425. The monoisotopic (exact) mass is 1150 g/mol. The lowest BCUT2D eigenvalue weighted by molar-refractivity contribution is -0.388. The molecule has 0 spiro atoms. The number of hydrogen-bond donors (Lipinski definition) is 15. The van der Waals surface area contributed by atoms with Gasteiger partial charge in [0, 0.05) is 28.3 Å². The van der Waals surface area contributed by atoms with Gasteiger partial charge in [-0.1, -0.05) is 0 Å². The van der Waals surface area contributed by atoms with Crippen LogP contribution in [0, 0.1) is 20.2 Å². The summed E-state index contributed by atoms with van der Waals surface area (Å²) in [4.78, 5) is 14.2. The quantitative estimate of drug-likeness (QED) is 0.0314. The molecule has 73 heavy (non-hydrogen) atoms. The van der Waals surface area contributed by atoms with E-state index in [0.29, 0.717) is 18.2 Å². The van der Waals surface area contributed by atoms with Crippen LogP contribution in [0.4, 0.5) is 51.2 Å². The molecule has 0 radical (unpaired) electrons. The summed E-state index contributed by atoms with van der Waals surface area (Å²) in [7, 11) is -27.3. The van der Waals surface area contributed by atoms with Gasteiger partial charge in [0.05, 0.1) is 68.2 Å². The van der Waals surface area contributed by atoms with Crippen molar-refractivity contribution in [3.05, 3.63) is 80.9 Å². The molecular formula is C33H35N9O25S6. The van der Waals surface area contributed by atoms with E-state index in [1.54, 1.807) is 0 Å². The van der Waals surface area contributed by atoms with Crippen LogP contribution in [0.3, 0.4) is 0 Å². The molecule has 6 aromatic rings. The highest BCUT2D eigenvalue weighted by molar-refractivity contribution is 7.87. The van der Waals surface area contributed by atoms with Crippen molar-refractivity contribution in [1.29, 1.82) is 0 Å². The first-order valence-corrected chi connectivity index (χ1v) is 26.5. The molecule has 0 aliphatic heterocycles. The molecule has 34 nitrogen and oxygen atoms in total. The number of aromatic hydroxyl groups is 2. The van der Waals surface area contributed by atoms with Crippen LogP contribution in [0.15, 0.2) is 90.0 Å². The molecule has 0 saturated heterocycles. The predicted octanol–water partition coefficient (Wildman–Crippen LogP) is 0.845. The largest absolute Gasteiger partial charge is 0.505 e. The van der Waals surface area contributed by atoms with Gasteiger partial charge in [-0.15, -0.1) is 0 Å². The number of nitrogens with two attached hydrogens (primary N) is 7. The number of phenols is 2. The topological polar surface area (TPSA) is 644 Å². The summed E-state index contributed by atoms with van der Waals surface area (Å²) >= 11 is 0. The number of hydrogen-bond acceptors (Lipinski definition) is 26. The molecule has 0 saturated carbocycles. The van der Waals surface area contributed by atoms with Crippen LogP contribution in [0.25, 0.3) is 21.5 Å².